The highest BCUT2D eigenvalue weighted by molar-refractivity contribution is 5.70. The van der Waals surface area contributed by atoms with Gasteiger partial charge >= 0.3 is 0 Å². The molecule has 0 aliphatic rings. The lowest BCUT2D eigenvalue weighted by atomic mass is 9.96. The molecule has 20 heavy (non-hydrogen) atoms. The predicted molar refractivity (Wildman–Crippen MR) is 81.1 cm³/mol. The first-order valence-corrected chi connectivity index (χ1v) is 7.03. The van der Waals surface area contributed by atoms with Crippen LogP contribution in [-0.2, 0) is 6.54 Å². The zero-order chi connectivity index (χ0) is 14.5. The van der Waals surface area contributed by atoms with Crippen LogP contribution in [0.25, 0.3) is 11.1 Å². The minimum absolute atomic E-state index is 0.183. The van der Waals surface area contributed by atoms with Crippen molar-refractivity contribution in [2.75, 3.05) is 6.54 Å². The number of pyridine rings is 1. The van der Waals surface area contributed by atoms with Crippen LogP contribution in [0.15, 0.2) is 30.6 Å². The van der Waals surface area contributed by atoms with Crippen LogP contribution in [0, 0.1) is 19.7 Å². The third-order valence-corrected chi connectivity index (χ3v) is 3.34. The topological polar surface area (TPSA) is 24.9 Å². The maximum atomic E-state index is 13.4. The maximum Gasteiger partial charge on any atom is 0.123 e. The van der Waals surface area contributed by atoms with Gasteiger partial charge in [-0.3, -0.25) is 4.98 Å². The Kier molecular flexibility index (Phi) is 4.85. The van der Waals surface area contributed by atoms with E-state index in [-0.39, 0.29) is 5.82 Å². The molecule has 1 heterocycles. The van der Waals surface area contributed by atoms with Gasteiger partial charge in [-0.1, -0.05) is 6.92 Å². The molecule has 0 amide bonds. The third kappa shape index (κ3) is 3.42. The number of aromatic nitrogens is 1. The van der Waals surface area contributed by atoms with E-state index in [1.807, 2.05) is 26.2 Å². The molecular formula is C17H21FN2. The molecule has 3 heteroatoms. The fourth-order valence-electron chi connectivity index (χ4n) is 2.50. The zero-order valence-corrected chi connectivity index (χ0v) is 12.3. The fourth-order valence-corrected chi connectivity index (χ4v) is 2.50. The molecule has 106 valence electrons. The van der Waals surface area contributed by atoms with Gasteiger partial charge in [0.15, 0.2) is 0 Å². The standard InChI is InChI=1S/C17H21FN2/c1-4-5-19-9-14-8-15(11-20-10-14)17-12(2)6-16(18)7-13(17)3/h6-8,10-11,19H,4-5,9H2,1-3H3. The lowest BCUT2D eigenvalue weighted by Crippen LogP contribution is -2.13. The lowest BCUT2D eigenvalue weighted by Gasteiger charge is -2.11. The third-order valence-electron chi connectivity index (χ3n) is 3.34. The van der Waals surface area contributed by atoms with Crippen LogP contribution >= 0.6 is 0 Å². The molecule has 0 saturated heterocycles. The minimum atomic E-state index is -0.183. The maximum absolute atomic E-state index is 13.4. The van der Waals surface area contributed by atoms with Crippen molar-refractivity contribution in [1.82, 2.24) is 10.3 Å². The Hall–Kier alpha value is -1.74. The molecule has 0 atom stereocenters. The average molecular weight is 272 g/mol. The summed E-state index contributed by atoms with van der Waals surface area (Å²) in [7, 11) is 0. The SMILES string of the molecule is CCCNCc1cncc(-c2c(C)cc(F)cc2C)c1. The van der Waals surface area contributed by atoms with Gasteiger partial charge in [0.25, 0.3) is 0 Å². The Balaban J connectivity index is 2.31. The van der Waals surface area contributed by atoms with E-state index >= 15 is 0 Å². The number of nitrogens with zero attached hydrogens (tertiary/aromatic N) is 1. The van der Waals surface area contributed by atoms with Crippen LogP contribution in [0.4, 0.5) is 4.39 Å². The second kappa shape index (κ2) is 6.62. The van der Waals surface area contributed by atoms with Crippen molar-refractivity contribution in [3.63, 3.8) is 0 Å². The minimum Gasteiger partial charge on any atom is -0.313 e. The molecule has 0 spiro atoms. The Labute approximate surface area is 120 Å². The molecule has 1 N–H and O–H groups in total. The van der Waals surface area contributed by atoms with Crippen LogP contribution in [0.3, 0.4) is 0 Å². The number of rotatable bonds is 5. The van der Waals surface area contributed by atoms with E-state index in [0.717, 1.165) is 47.3 Å². The van der Waals surface area contributed by atoms with Gasteiger partial charge in [-0.05, 0) is 67.3 Å². The Morgan fingerprint density at radius 1 is 1.10 bits per heavy atom. The van der Waals surface area contributed by atoms with Gasteiger partial charge in [-0.2, -0.15) is 0 Å². The van der Waals surface area contributed by atoms with Crippen molar-refractivity contribution >= 4 is 0 Å². The van der Waals surface area contributed by atoms with Gasteiger partial charge in [0.2, 0.25) is 0 Å². The summed E-state index contributed by atoms with van der Waals surface area (Å²) in [5.41, 5.74) is 5.18. The largest absolute Gasteiger partial charge is 0.313 e. The van der Waals surface area contributed by atoms with E-state index in [9.17, 15) is 4.39 Å². The lowest BCUT2D eigenvalue weighted by molar-refractivity contribution is 0.625. The van der Waals surface area contributed by atoms with Gasteiger partial charge in [-0.25, -0.2) is 4.39 Å². The summed E-state index contributed by atoms with van der Waals surface area (Å²) in [5, 5.41) is 3.37. The molecule has 1 aromatic carbocycles. The summed E-state index contributed by atoms with van der Waals surface area (Å²) in [6.07, 6.45) is 4.83. The van der Waals surface area contributed by atoms with Crippen LogP contribution < -0.4 is 5.32 Å². The van der Waals surface area contributed by atoms with Crippen LogP contribution in [0.2, 0.25) is 0 Å². The van der Waals surface area contributed by atoms with Crippen molar-refractivity contribution < 1.29 is 4.39 Å². The highest BCUT2D eigenvalue weighted by atomic mass is 19.1. The molecule has 0 aliphatic carbocycles. The second-order valence-corrected chi connectivity index (χ2v) is 5.17. The number of hydrogen-bond donors (Lipinski definition) is 1. The van der Waals surface area contributed by atoms with Crippen molar-refractivity contribution in [1.29, 1.82) is 0 Å². The van der Waals surface area contributed by atoms with Crippen molar-refractivity contribution in [2.45, 2.75) is 33.7 Å². The van der Waals surface area contributed by atoms with E-state index in [0.29, 0.717) is 0 Å². The molecule has 0 fully saturated rings. The molecule has 0 bridgehead atoms. The molecule has 2 nitrogen and oxygen atoms in total. The first kappa shape index (κ1) is 14.7. The normalized spacial score (nSPS) is 10.8. The predicted octanol–water partition coefficient (Wildman–Crippen LogP) is 4.00. The zero-order valence-electron chi connectivity index (χ0n) is 12.3. The highest BCUT2D eigenvalue weighted by Crippen LogP contribution is 2.28. The van der Waals surface area contributed by atoms with Gasteiger partial charge in [0.1, 0.15) is 5.82 Å². The molecule has 0 unspecified atom stereocenters. The quantitative estimate of drug-likeness (QED) is 0.832. The van der Waals surface area contributed by atoms with Gasteiger partial charge in [0.05, 0.1) is 0 Å². The Morgan fingerprint density at radius 2 is 1.80 bits per heavy atom. The van der Waals surface area contributed by atoms with Crippen molar-refractivity contribution in [3.8, 4) is 11.1 Å². The number of nitrogens with one attached hydrogen (secondary N) is 1. The molecule has 1 aromatic heterocycles. The van der Waals surface area contributed by atoms with E-state index < -0.39 is 0 Å². The molecule has 2 rings (SSSR count). The smallest absolute Gasteiger partial charge is 0.123 e. The van der Waals surface area contributed by atoms with E-state index in [4.69, 9.17) is 0 Å². The molecule has 0 saturated carbocycles. The summed E-state index contributed by atoms with van der Waals surface area (Å²) in [6, 6.07) is 5.28. The number of hydrogen-bond acceptors (Lipinski definition) is 2. The molecule has 2 aromatic rings. The number of benzene rings is 1. The monoisotopic (exact) mass is 272 g/mol. The molecular weight excluding hydrogens is 251 g/mol. The molecule has 0 aliphatic heterocycles. The summed E-state index contributed by atoms with van der Waals surface area (Å²) in [6.45, 7) is 7.83. The van der Waals surface area contributed by atoms with Gasteiger partial charge in [0, 0.05) is 24.5 Å². The van der Waals surface area contributed by atoms with Crippen LogP contribution in [-0.4, -0.2) is 11.5 Å². The fraction of sp³-hybridized carbons (Fsp3) is 0.353. The number of halogens is 1. The number of aryl methyl sites for hydroxylation is 2. The molecule has 0 radical (unpaired) electrons. The second-order valence-electron chi connectivity index (χ2n) is 5.17. The Morgan fingerprint density at radius 3 is 2.45 bits per heavy atom. The first-order valence-electron chi connectivity index (χ1n) is 7.03. The van der Waals surface area contributed by atoms with Crippen molar-refractivity contribution in [2.24, 2.45) is 0 Å². The first-order chi connectivity index (χ1) is 9.61. The van der Waals surface area contributed by atoms with Crippen LogP contribution in [0.5, 0.6) is 0 Å². The van der Waals surface area contributed by atoms with Gasteiger partial charge < -0.3 is 5.32 Å². The van der Waals surface area contributed by atoms with E-state index in [2.05, 4.69) is 23.3 Å². The van der Waals surface area contributed by atoms with Gasteiger partial charge in [-0.15, -0.1) is 0 Å². The Bertz CT molecular complexity index is 570. The average Bonchev–Trinajstić information content (AvgIpc) is 2.38. The van der Waals surface area contributed by atoms with E-state index in [1.54, 1.807) is 12.1 Å². The highest BCUT2D eigenvalue weighted by Gasteiger charge is 2.08. The summed E-state index contributed by atoms with van der Waals surface area (Å²) in [5.74, 6) is -0.183. The van der Waals surface area contributed by atoms with Crippen molar-refractivity contribution in [3.05, 3.63) is 53.1 Å². The van der Waals surface area contributed by atoms with Crippen LogP contribution in [0.1, 0.15) is 30.0 Å². The summed E-state index contributed by atoms with van der Waals surface area (Å²) < 4.78 is 13.4. The summed E-state index contributed by atoms with van der Waals surface area (Å²) >= 11 is 0. The van der Waals surface area contributed by atoms with E-state index in [1.165, 1.54) is 0 Å². The summed E-state index contributed by atoms with van der Waals surface area (Å²) in [4.78, 5) is 4.31.